The molecule has 0 aliphatic rings. The van der Waals surface area contributed by atoms with E-state index < -0.39 is 0 Å². The van der Waals surface area contributed by atoms with E-state index in [1.165, 1.54) is 0 Å². The number of hydrogen-bond acceptors (Lipinski definition) is 3. The maximum absolute atomic E-state index is 11.0. The Bertz CT molecular complexity index is 185. The molecule has 0 radical (unpaired) electrons. The van der Waals surface area contributed by atoms with Gasteiger partial charge in [0.1, 0.15) is 6.17 Å². The third-order valence-electron chi connectivity index (χ3n) is 1.37. The van der Waals surface area contributed by atoms with Gasteiger partial charge in [0.15, 0.2) is 5.78 Å². The first-order chi connectivity index (χ1) is 5.11. The molecule has 0 fully saturated rings. The highest BCUT2D eigenvalue weighted by Gasteiger charge is 2.03. The van der Waals surface area contributed by atoms with E-state index >= 15 is 0 Å². The zero-order valence-electron chi connectivity index (χ0n) is 7.29. The summed E-state index contributed by atoms with van der Waals surface area (Å²) < 4.78 is 0. The molecule has 62 valence electrons. The molecule has 1 unspecified atom stereocenters. The number of Topliss-reactive ketones (excluding diaryl/α,β-unsaturated/α-hetero) is 1. The molecule has 0 aromatic rings. The van der Waals surface area contributed by atoms with Gasteiger partial charge in [0.2, 0.25) is 0 Å². The summed E-state index contributed by atoms with van der Waals surface area (Å²) in [5.74, 6) is 0.0699. The lowest BCUT2D eigenvalue weighted by Gasteiger charge is -1.99. The lowest BCUT2D eigenvalue weighted by atomic mass is 10.2. The van der Waals surface area contributed by atoms with Crippen molar-refractivity contribution in [2.45, 2.75) is 33.4 Å². The molecule has 0 bridgehead atoms. The Morgan fingerprint density at radius 1 is 1.64 bits per heavy atom. The average Bonchev–Trinajstić information content (AvgIpc) is 2.02. The van der Waals surface area contributed by atoms with Gasteiger partial charge in [-0.15, -0.1) is 0 Å². The number of nitrogens with zero attached hydrogens (tertiary/aromatic N) is 2. The van der Waals surface area contributed by atoms with Crippen LogP contribution in [0.15, 0.2) is 9.98 Å². The summed E-state index contributed by atoms with van der Waals surface area (Å²) in [4.78, 5) is 18.6. The molecule has 0 spiro atoms. The molecule has 0 aromatic heterocycles. The Balaban J connectivity index is 4.20. The molecule has 0 aromatic carbocycles. The quantitative estimate of drug-likeness (QED) is 0.565. The molecule has 0 heterocycles. The van der Waals surface area contributed by atoms with Crippen molar-refractivity contribution < 1.29 is 4.79 Å². The van der Waals surface area contributed by atoms with Gasteiger partial charge < -0.3 is 0 Å². The van der Waals surface area contributed by atoms with Crippen molar-refractivity contribution in [3.63, 3.8) is 0 Å². The van der Waals surface area contributed by atoms with Gasteiger partial charge in [0, 0.05) is 6.42 Å². The normalized spacial score (nSPS) is 14.3. The molecular formula is C8H14N2O. The van der Waals surface area contributed by atoms with E-state index in [0.717, 1.165) is 0 Å². The molecule has 3 heteroatoms. The summed E-state index contributed by atoms with van der Waals surface area (Å²) in [7, 11) is 0. The van der Waals surface area contributed by atoms with Crippen LogP contribution in [0.2, 0.25) is 0 Å². The largest absolute Gasteiger partial charge is 0.293 e. The van der Waals surface area contributed by atoms with Crippen molar-refractivity contribution in [2.24, 2.45) is 9.98 Å². The molecule has 3 nitrogen and oxygen atoms in total. The second kappa shape index (κ2) is 4.77. The van der Waals surface area contributed by atoms with Crippen LogP contribution >= 0.6 is 0 Å². The van der Waals surface area contributed by atoms with Gasteiger partial charge in [-0.05, 0) is 20.6 Å². The van der Waals surface area contributed by atoms with Crippen molar-refractivity contribution in [3.05, 3.63) is 0 Å². The number of hydrogen-bond donors (Lipinski definition) is 0. The highest BCUT2D eigenvalue weighted by Crippen LogP contribution is 1.93. The molecule has 0 rings (SSSR count). The van der Waals surface area contributed by atoms with E-state index in [-0.39, 0.29) is 11.9 Å². The van der Waals surface area contributed by atoms with Crippen LogP contribution in [0.25, 0.3) is 0 Å². The highest BCUT2D eigenvalue weighted by molar-refractivity contribution is 6.38. The third-order valence-corrected chi connectivity index (χ3v) is 1.37. The molecule has 0 aliphatic heterocycles. The molecule has 0 saturated heterocycles. The fraction of sp³-hybridized carbons (Fsp3) is 0.625. The number of rotatable bonds is 4. The van der Waals surface area contributed by atoms with E-state index in [9.17, 15) is 4.79 Å². The van der Waals surface area contributed by atoms with E-state index in [2.05, 4.69) is 16.7 Å². The van der Waals surface area contributed by atoms with E-state index in [4.69, 9.17) is 0 Å². The number of carbonyl (C=O) groups is 1. The Labute approximate surface area is 67.2 Å². The second-order valence-corrected chi connectivity index (χ2v) is 2.31. The molecule has 0 amide bonds. The van der Waals surface area contributed by atoms with Gasteiger partial charge in [-0.3, -0.25) is 14.8 Å². The molecule has 0 N–H and O–H groups in total. The Morgan fingerprint density at radius 2 is 2.18 bits per heavy atom. The fourth-order valence-corrected chi connectivity index (χ4v) is 0.649. The van der Waals surface area contributed by atoms with Gasteiger partial charge in [0.25, 0.3) is 0 Å². The van der Waals surface area contributed by atoms with Gasteiger partial charge in [0.05, 0.1) is 5.71 Å². The van der Waals surface area contributed by atoms with Gasteiger partial charge >= 0.3 is 0 Å². The predicted molar refractivity (Wildman–Crippen MR) is 47.4 cm³/mol. The van der Waals surface area contributed by atoms with Crippen LogP contribution < -0.4 is 0 Å². The monoisotopic (exact) mass is 154 g/mol. The summed E-state index contributed by atoms with van der Waals surface area (Å²) in [6.07, 6.45) is 0.296. The summed E-state index contributed by atoms with van der Waals surface area (Å²) >= 11 is 0. The maximum Gasteiger partial charge on any atom is 0.176 e. The second-order valence-electron chi connectivity index (χ2n) is 2.31. The molecular weight excluding hydrogens is 140 g/mol. The molecule has 1 atom stereocenters. The third kappa shape index (κ3) is 3.65. The topological polar surface area (TPSA) is 41.8 Å². The lowest BCUT2D eigenvalue weighted by Crippen LogP contribution is -2.10. The number of carbonyl (C=O) groups excluding carboxylic acids is 1. The summed E-state index contributed by atoms with van der Waals surface area (Å²) in [5, 5.41) is 0. The van der Waals surface area contributed by atoms with Crippen LogP contribution in [0.4, 0.5) is 0 Å². The van der Waals surface area contributed by atoms with Crippen molar-refractivity contribution in [1.82, 2.24) is 0 Å². The number of aliphatic imine (C=N–C) groups is 2. The lowest BCUT2D eigenvalue weighted by molar-refractivity contribution is -0.112. The van der Waals surface area contributed by atoms with Gasteiger partial charge in [-0.2, -0.15) is 0 Å². The van der Waals surface area contributed by atoms with Crippen molar-refractivity contribution in [2.75, 3.05) is 0 Å². The van der Waals surface area contributed by atoms with Crippen LogP contribution in [0.5, 0.6) is 0 Å². The minimum atomic E-state index is -0.203. The molecule has 0 saturated carbocycles. The zero-order valence-corrected chi connectivity index (χ0v) is 7.29. The van der Waals surface area contributed by atoms with Crippen molar-refractivity contribution in [3.8, 4) is 0 Å². The van der Waals surface area contributed by atoms with Crippen LogP contribution in [-0.4, -0.2) is 24.4 Å². The molecule has 0 aliphatic carbocycles. The fourth-order valence-electron chi connectivity index (χ4n) is 0.649. The van der Waals surface area contributed by atoms with Crippen LogP contribution in [0.1, 0.15) is 27.2 Å². The summed E-state index contributed by atoms with van der Waals surface area (Å²) in [5.41, 5.74) is 0.535. The minimum absolute atomic E-state index is 0.0699. The first-order valence-electron chi connectivity index (χ1n) is 3.65. The average molecular weight is 154 g/mol. The highest BCUT2D eigenvalue weighted by atomic mass is 16.1. The van der Waals surface area contributed by atoms with Gasteiger partial charge in [-0.1, -0.05) is 6.92 Å². The van der Waals surface area contributed by atoms with Crippen LogP contribution in [-0.2, 0) is 4.79 Å². The Hall–Kier alpha value is -0.990. The Kier molecular flexibility index (Phi) is 4.34. The summed E-state index contributed by atoms with van der Waals surface area (Å²) in [6.45, 7) is 8.64. The van der Waals surface area contributed by atoms with E-state index in [1.807, 2.05) is 6.92 Å². The number of ketones is 1. The van der Waals surface area contributed by atoms with Crippen LogP contribution in [0, 0.1) is 0 Å². The predicted octanol–water partition coefficient (Wildman–Crippen LogP) is 1.47. The first kappa shape index (κ1) is 10.0. The summed E-state index contributed by atoms with van der Waals surface area (Å²) in [6, 6.07) is 0. The minimum Gasteiger partial charge on any atom is -0.293 e. The zero-order chi connectivity index (χ0) is 8.85. The van der Waals surface area contributed by atoms with E-state index in [0.29, 0.717) is 12.1 Å². The van der Waals surface area contributed by atoms with E-state index in [1.54, 1.807) is 13.8 Å². The standard InChI is InChI=1S/C8H14N2O/c1-5-8(11)6(2)10-7(3)9-4/h7H,4-5H2,1-3H3. The van der Waals surface area contributed by atoms with Crippen molar-refractivity contribution in [1.29, 1.82) is 0 Å². The van der Waals surface area contributed by atoms with Gasteiger partial charge in [-0.25, -0.2) is 0 Å². The van der Waals surface area contributed by atoms with Crippen LogP contribution in [0.3, 0.4) is 0 Å². The van der Waals surface area contributed by atoms with Crippen molar-refractivity contribution >= 4 is 18.2 Å². The maximum atomic E-state index is 11.0. The Morgan fingerprint density at radius 3 is 2.55 bits per heavy atom. The smallest absolute Gasteiger partial charge is 0.176 e. The first-order valence-corrected chi connectivity index (χ1v) is 3.65. The molecule has 11 heavy (non-hydrogen) atoms. The SMILES string of the molecule is C=NC(C)N=C(C)C(=O)CC.